The number of carbonyl (C=O) groups is 2. The van der Waals surface area contributed by atoms with E-state index in [9.17, 15) is 9.59 Å². The van der Waals surface area contributed by atoms with E-state index in [4.69, 9.17) is 19.3 Å². The first kappa shape index (κ1) is 18.8. The maximum atomic E-state index is 12.2. The van der Waals surface area contributed by atoms with Gasteiger partial charge in [-0.3, -0.25) is 4.79 Å². The molecule has 0 aliphatic heterocycles. The number of hydrogen-bond acceptors (Lipinski definition) is 6. The molecule has 0 fully saturated rings. The fourth-order valence-electron chi connectivity index (χ4n) is 1.80. The predicted molar refractivity (Wildman–Crippen MR) is 88.5 cm³/mol. The molecule has 1 aromatic carbocycles. The van der Waals surface area contributed by atoms with Crippen molar-refractivity contribution in [2.75, 3.05) is 33.3 Å². The Morgan fingerprint density at radius 1 is 1.13 bits per heavy atom. The van der Waals surface area contributed by atoms with E-state index in [1.165, 1.54) is 45.2 Å². The zero-order chi connectivity index (χ0) is 17.4. The van der Waals surface area contributed by atoms with Gasteiger partial charge in [-0.25, -0.2) is 9.79 Å². The van der Waals surface area contributed by atoms with Gasteiger partial charge in [0.1, 0.15) is 5.71 Å². The Kier molecular flexibility index (Phi) is 7.40. The molecule has 0 heterocycles. The maximum absolute atomic E-state index is 12.2. The maximum Gasteiger partial charge on any atom is 0.350 e. The van der Waals surface area contributed by atoms with E-state index in [0.29, 0.717) is 23.0 Å². The summed E-state index contributed by atoms with van der Waals surface area (Å²) in [4.78, 5) is 27.1. The summed E-state index contributed by atoms with van der Waals surface area (Å²) in [5.41, 5.74) is -0.0273. The second-order valence-electron chi connectivity index (χ2n) is 4.33. The molecular weight excluding hydrogens is 322 g/mol. The number of ether oxygens (including phenoxy) is 3. The molecule has 1 aromatic rings. The lowest BCUT2D eigenvalue weighted by Gasteiger charge is -2.13. The standard InChI is InChI=1S/C15H19NO6S/c1-20-11-7-9(8-12(21-2)13(11)22-3)14(17)16-10(15(18)19)5-6-23-4/h7-8H,5-6H2,1-4H3,(H,18,19)/b16-10+. The first-order chi connectivity index (χ1) is 11.0. The smallest absolute Gasteiger partial charge is 0.350 e. The average molecular weight is 341 g/mol. The number of carboxylic acids is 1. The van der Waals surface area contributed by atoms with Gasteiger partial charge >= 0.3 is 5.97 Å². The lowest BCUT2D eigenvalue weighted by Crippen LogP contribution is -2.16. The van der Waals surface area contributed by atoms with E-state index >= 15 is 0 Å². The quantitative estimate of drug-likeness (QED) is 0.724. The molecule has 0 radical (unpaired) electrons. The number of benzene rings is 1. The molecular formula is C15H19NO6S. The Labute approximate surface area is 138 Å². The Bertz CT molecular complexity index is 589. The predicted octanol–water partition coefficient (Wildman–Crippen LogP) is 2.13. The van der Waals surface area contributed by atoms with Gasteiger partial charge in [0.2, 0.25) is 5.75 Å². The number of amides is 1. The number of carbonyl (C=O) groups excluding carboxylic acids is 1. The van der Waals surface area contributed by atoms with Crippen LogP contribution in [0.5, 0.6) is 17.2 Å². The van der Waals surface area contributed by atoms with E-state index in [-0.39, 0.29) is 17.7 Å². The number of thioether (sulfide) groups is 1. The molecule has 0 aliphatic carbocycles. The zero-order valence-corrected chi connectivity index (χ0v) is 14.2. The topological polar surface area (TPSA) is 94.4 Å². The third kappa shape index (κ3) is 4.88. The Morgan fingerprint density at radius 2 is 1.70 bits per heavy atom. The summed E-state index contributed by atoms with van der Waals surface area (Å²) in [5.74, 6) is -0.384. The summed E-state index contributed by atoms with van der Waals surface area (Å²) in [6.07, 6.45) is 2.05. The van der Waals surface area contributed by atoms with Crippen LogP contribution in [0.15, 0.2) is 17.1 Å². The van der Waals surface area contributed by atoms with Crippen LogP contribution in [0.3, 0.4) is 0 Å². The van der Waals surface area contributed by atoms with Gasteiger partial charge in [0.05, 0.1) is 21.3 Å². The van der Waals surface area contributed by atoms with Crippen molar-refractivity contribution in [2.24, 2.45) is 4.99 Å². The second kappa shape index (κ2) is 9.04. The van der Waals surface area contributed by atoms with Crippen molar-refractivity contribution < 1.29 is 28.9 Å². The molecule has 126 valence electrons. The summed E-state index contributed by atoms with van der Waals surface area (Å²) >= 11 is 1.48. The van der Waals surface area contributed by atoms with E-state index in [2.05, 4.69) is 4.99 Å². The molecule has 1 amide bonds. The SMILES string of the molecule is COc1cc(C(=O)/N=C(\CCSC)C(=O)O)cc(OC)c1OC. The van der Waals surface area contributed by atoms with Gasteiger partial charge in [0.15, 0.2) is 11.5 Å². The summed E-state index contributed by atoms with van der Waals surface area (Å²) in [5, 5.41) is 9.12. The summed E-state index contributed by atoms with van der Waals surface area (Å²) in [6, 6.07) is 2.86. The van der Waals surface area contributed by atoms with Gasteiger partial charge in [0, 0.05) is 12.0 Å². The average Bonchev–Trinajstić information content (AvgIpc) is 2.56. The molecule has 0 aliphatic rings. The number of rotatable bonds is 8. The molecule has 1 N–H and O–H groups in total. The first-order valence-corrected chi connectivity index (χ1v) is 8.02. The van der Waals surface area contributed by atoms with Crippen LogP contribution in [0, 0.1) is 0 Å². The van der Waals surface area contributed by atoms with Gasteiger partial charge in [-0.05, 0) is 24.1 Å². The number of hydrogen-bond donors (Lipinski definition) is 1. The molecule has 0 unspecified atom stereocenters. The van der Waals surface area contributed by atoms with Crippen molar-refractivity contribution in [2.45, 2.75) is 6.42 Å². The Morgan fingerprint density at radius 3 is 2.09 bits per heavy atom. The molecule has 0 saturated carbocycles. The van der Waals surface area contributed by atoms with Gasteiger partial charge in [-0.1, -0.05) is 0 Å². The van der Waals surface area contributed by atoms with Crippen molar-refractivity contribution in [1.82, 2.24) is 0 Å². The van der Waals surface area contributed by atoms with Crippen molar-refractivity contribution in [3.63, 3.8) is 0 Å². The van der Waals surface area contributed by atoms with Crippen molar-refractivity contribution in [3.05, 3.63) is 17.7 Å². The van der Waals surface area contributed by atoms with Crippen molar-refractivity contribution in [3.8, 4) is 17.2 Å². The lowest BCUT2D eigenvalue weighted by atomic mass is 10.1. The van der Waals surface area contributed by atoms with Crippen LogP contribution in [-0.4, -0.2) is 56.0 Å². The molecule has 0 bridgehead atoms. The largest absolute Gasteiger partial charge is 0.493 e. The van der Waals surface area contributed by atoms with E-state index in [1.54, 1.807) is 0 Å². The van der Waals surface area contributed by atoms with Gasteiger partial charge in [0.25, 0.3) is 5.91 Å². The molecule has 0 atom stereocenters. The molecule has 0 aromatic heterocycles. The molecule has 7 nitrogen and oxygen atoms in total. The molecule has 0 saturated heterocycles. The monoisotopic (exact) mass is 341 g/mol. The van der Waals surface area contributed by atoms with Crippen LogP contribution >= 0.6 is 11.8 Å². The highest BCUT2D eigenvalue weighted by atomic mass is 32.2. The van der Waals surface area contributed by atoms with Gasteiger partial charge in [-0.2, -0.15) is 11.8 Å². The van der Waals surface area contributed by atoms with Crippen molar-refractivity contribution in [1.29, 1.82) is 0 Å². The third-order valence-electron chi connectivity index (χ3n) is 2.94. The first-order valence-electron chi connectivity index (χ1n) is 6.62. The minimum atomic E-state index is -1.21. The normalized spacial score (nSPS) is 11.0. The summed E-state index contributed by atoms with van der Waals surface area (Å²) < 4.78 is 15.5. The van der Waals surface area contributed by atoms with E-state index < -0.39 is 11.9 Å². The molecule has 8 heteroatoms. The van der Waals surface area contributed by atoms with E-state index in [0.717, 1.165) is 0 Å². The lowest BCUT2D eigenvalue weighted by molar-refractivity contribution is -0.129. The number of aliphatic imine (C=N–C) groups is 1. The van der Waals surface area contributed by atoms with E-state index in [1.807, 2.05) is 6.26 Å². The van der Waals surface area contributed by atoms with Crippen LogP contribution < -0.4 is 14.2 Å². The third-order valence-corrected chi connectivity index (χ3v) is 3.55. The number of aliphatic carboxylic acids is 1. The summed E-state index contributed by atoms with van der Waals surface area (Å²) in [7, 11) is 4.30. The van der Waals surface area contributed by atoms with Crippen LogP contribution in [0.2, 0.25) is 0 Å². The summed E-state index contributed by atoms with van der Waals surface area (Å²) in [6.45, 7) is 0. The minimum Gasteiger partial charge on any atom is -0.493 e. The second-order valence-corrected chi connectivity index (χ2v) is 5.31. The van der Waals surface area contributed by atoms with Crippen LogP contribution in [0.4, 0.5) is 0 Å². The van der Waals surface area contributed by atoms with Gasteiger partial charge in [-0.15, -0.1) is 0 Å². The Hall–Kier alpha value is -2.22. The highest BCUT2D eigenvalue weighted by molar-refractivity contribution is 7.98. The zero-order valence-electron chi connectivity index (χ0n) is 13.4. The fraction of sp³-hybridized carbons (Fsp3) is 0.400. The fourth-order valence-corrected chi connectivity index (χ4v) is 2.20. The highest BCUT2D eigenvalue weighted by Gasteiger charge is 2.18. The van der Waals surface area contributed by atoms with Crippen LogP contribution in [0.25, 0.3) is 0 Å². The Balaban J connectivity index is 3.23. The molecule has 1 rings (SSSR count). The highest BCUT2D eigenvalue weighted by Crippen LogP contribution is 2.38. The number of nitrogens with zero attached hydrogens (tertiary/aromatic N) is 1. The number of methoxy groups -OCH3 is 3. The van der Waals surface area contributed by atoms with Crippen LogP contribution in [-0.2, 0) is 4.79 Å². The van der Waals surface area contributed by atoms with Crippen molar-refractivity contribution >= 4 is 29.4 Å². The molecule has 0 spiro atoms. The van der Waals surface area contributed by atoms with Gasteiger partial charge < -0.3 is 19.3 Å². The molecule has 23 heavy (non-hydrogen) atoms. The number of carboxylic acid groups (broad SMARTS) is 1. The minimum absolute atomic E-state index is 0.155. The van der Waals surface area contributed by atoms with Crippen LogP contribution in [0.1, 0.15) is 16.8 Å².